The van der Waals surface area contributed by atoms with Gasteiger partial charge in [-0.05, 0) is 56.2 Å². The molecule has 2 rings (SSSR count). The average molecular weight is 494 g/mol. The maximum atomic E-state index is 13.8. The van der Waals surface area contributed by atoms with Crippen molar-refractivity contribution in [1.82, 2.24) is 10.2 Å². The number of methoxy groups -OCH3 is 1. The monoisotopic (exact) mass is 493 g/mol. The normalized spacial score (nSPS) is 13.0. The fourth-order valence-electron chi connectivity index (χ4n) is 3.22. The number of hydrogen-bond acceptors (Lipinski definition) is 5. The van der Waals surface area contributed by atoms with E-state index in [1.165, 1.54) is 23.1 Å². The van der Waals surface area contributed by atoms with Gasteiger partial charge in [-0.1, -0.05) is 25.1 Å². The SMILES string of the molecule is CC[C@H](C)NC(=O)[C@H](C)N(Cc1ccc(OC)cc1)C(=O)CN(c1cccc(F)c1)S(C)(=O)=O. The van der Waals surface area contributed by atoms with Gasteiger partial charge in [0.2, 0.25) is 21.8 Å². The van der Waals surface area contributed by atoms with Crippen molar-refractivity contribution >= 4 is 27.5 Å². The van der Waals surface area contributed by atoms with Crippen molar-refractivity contribution in [3.63, 3.8) is 0 Å². The minimum absolute atomic E-state index is 0.0250. The summed E-state index contributed by atoms with van der Waals surface area (Å²) in [7, 11) is -2.37. The molecule has 0 heterocycles. The van der Waals surface area contributed by atoms with Gasteiger partial charge < -0.3 is 15.0 Å². The van der Waals surface area contributed by atoms with Gasteiger partial charge in [0.1, 0.15) is 24.2 Å². The van der Waals surface area contributed by atoms with Crippen LogP contribution < -0.4 is 14.4 Å². The number of anilines is 1. The van der Waals surface area contributed by atoms with E-state index in [2.05, 4.69) is 5.32 Å². The molecule has 0 bridgehead atoms. The third-order valence-electron chi connectivity index (χ3n) is 5.46. The Morgan fingerprint density at radius 2 is 1.76 bits per heavy atom. The zero-order chi connectivity index (χ0) is 25.5. The molecule has 0 aliphatic carbocycles. The van der Waals surface area contributed by atoms with E-state index in [-0.39, 0.29) is 24.2 Å². The second-order valence-electron chi connectivity index (χ2n) is 8.11. The van der Waals surface area contributed by atoms with Crippen LogP contribution in [0.25, 0.3) is 0 Å². The minimum atomic E-state index is -3.91. The average Bonchev–Trinajstić information content (AvgIpc) is 2.79. The lowest BCUT2D eigenvalue weighted by Gasteiger charge is -2.32. The number of carbonyl (C=O) groups is 2. The van der Waals surface area contributed by atoms with Crippen molar-refractivity contribution < 1.29 is 27.1 Å². The molecule has 0 saturated carbocycles. The molecule has 2 aromatic carbocycles. The number of benzene rings is 2. The van der Waals surface area contributed by atoms with Gasteiger partial charge in [0.15, 0.2) is 0 Å². The smallest absolute Gasteiger partial charge is 0.244 e. The molecule has 0 fully saturated rings. The van der Waals surface area contributed by atoms with Crippen LogP contribution >= 0.6 is 0 Å². The zero-order valence-corrected chi connectivity index (χ0v) is 20.9. The van der Waals surface area contributed by atoms with Gasteiger partial charge in [-0.3, -0.25) is 13.9 Å². The number of rotatable bonds is 11. The Kier molecular flexibility index (Phi) is 9.43. The highest BCUT2D eigenvalue weighted by Crippen LogP contribution is 2.20. The Bertz CT molecular complexity index is 1090. The number of carbonyl (C=O) groups excluding carboxylic acids is 2. The minimum Gasteiger partial charge on any atom is -0.497 e. The van der Waals surface area contributed by atoms with Crippen LogP contribution in [0.3, 0.4) is 0 Å². The van der Waals surface area contributed by atoms with Crippen LogP contribution in [-0.4, -0.2) is 57.1 Å². The number of ether oxygens (including phenoxy) is 1. The first kappa shape index (κ1) is 27.1. The molecule has 0 spiro atoms. The third-order valence-corrected chi connectivity index (χ3v) is 6.60. The molecule has 0 unspecified atom stereocenters. The standard InChI is InChI=1S/C24H32FN3O5S/c1-6-17(2)26-24(30)18(3)27(15-19-10-12-22(33-4)13-11-19)23(29)16-28(34(5,31)32)21-9-7-8-20(25)14-21/h7-14,17-18H,6,15-16H2,1-5H3,(H,26,30)/t17-,18-/m0/s1. The molecule has 0 aliphatic rings. The Balaban J connectivity index is 2.37. The van der Waals surface area contributed by atoms with Crippen molar-refractivity contribution in [2.75, 3.05) is 24.2 Å². The second-order valence-corrected chi connectivity index (χ2v) is 10.0. The van der Waals surface area contributed by atoms with Gasteiger partial charge in [0, 0.05) is 12.6 Å². The molecule has 186 valence electrons. The molecule has 0 aromatic heterocycles. The van der Waals surface area contributed by atoms with Crippen molar-refractivity contribution in [2.45, 2.75) is 45.8 Å². The molecule has 0 saturated heterocycles. The molecule has 0 radical (unpaired) electrons. The first-order valence-corrected chi connectivity index (χ1v) is 12.8. The van der Waals surface area contributed by atoms with Crippen molar-refractivity contribution in [3.05, 3.63) is 59.9 Å². The Labute approximate surface area is 200 Å². The van der Waals surface area contributed by atoms with Gasteiger partial charge in [0.05, 0.1) is 19.1 Å². The molecule has 10 heteroatoms. The molecule has 0 aliphatic heterocycles. The molecule has 8 nitrogen and oxygen atoms in total. The largest absolute Gasteiger partial charge is 0.497 e. The lowest BCUT2D eigenvalue weighted by atomic mass is 10.1. The van der Waals surface area contributed by atoms with Gasteiger partial charge in [-0.15, -0.1) is 0 Å². The highest BCUT2D eigenvalue weighted by Gasteiger charge is 2.30. The third kappa shape index (κ3) is 7.44. The van der Waals surface area contributed by atoms with Gasteiger partial charge in [-0.2, -0.15) is 0 Å². The summed E-state index contributed by atoms with van der Waals surface area (Å²) >= 11 is 0. The number of sulfonamides is 1. The molecule has 1 N–H and O–H groups in total. The number of halogens is 1. The molecule has 2 atom stereocenters. The van der Waals surface area contributed by atoms with E-state index < -0.39 is 34.3 Å². The van der Waals surface area contributed by atoms with Crippen LogP contribution in [-0.2, 0) is 26.2 Å². The summed E-state index contributed by atoms with van der Waals surface area (Å²) in [6.45, 7) is 4.86. The van der Waals surface area contributed by atoms with Crippen molar-refractivity contribution in [2.24, 2.45) is 0 Å². The maximum Gasteiger partial charge on any atom is 0.244 e. The van der Waals surface area contributed by atoms with Crippen LogP contribution in [0.15, 0.2) is 48.5 Å². The summed E-state index contributed by atoms with van der Waals surface area (Å²) in [6.07, 6.45) is 1.66. The van der Waals surface area contributed by atoms with Crippen LogP contribution in [0.1, 0.15) is 32.8 Å². The van der Waals surface area contributed by atoms with Gasteiger partial charge >= 0.3 is 0 Å². The Morgan fingerprint density at radius 1 is 1.12 bits per heavy atom. The number of hydrogen-bond donors (Lipinski definition) is 1. The summed E-state index contributed by atoms with van der Waals surface area (Å²) in [5, 5.41) is 2.86. The van der Waals surface area contributed by atoms with E-state index in [0.717, 1.165) is 22.2 Å². The molecule has 2 amide bonds. The maximum absolute atomic E-state index is 13.8. The van der Waals surface area contributed by atoms with Gasteiger partial charge in [0.25, 0.3) is 0 Å². The molecule has 2 aromatic rings. The number of amides is 2. The second kappa shape index (κ2) is 11.8. The van der Waals surface area contributed by atoms with Crippen LogP contribution in [0.2, 0.25) is 0 Å². The van der Waals surface area contributed by atoms with E-state index in [9.17, 15) is 22.4 Å². The van der Waals surface area contributed by atoms with E-state index in [4.69, 9.17) is 4.74 Å². The first-order valence-electron chi connectivity index (χ1n) is 10.9. The van der Waals surface area contributed by atoms with Gasteiger partial charge in [-0.25, -0.2) is 12.8 Å². The molecular formula is C24H32FN3O5S. The Morgan fingerprint density at radius 3 is 2.29 bits per heavy atom. The Hall–Kier alpha value is -3.14. The van der Waals surface area contributed by atoms with E-state index >= 15 is 0 Å². The van der Waals surface area contributed by atoms with Crippen LogP contribution in [0, 0.1) is 5.82 Å². The van der Waals surface area contributed by atoms with Crippen molar-refractivity contribution in [3.8, 4) is 5.75 Å². The van der Waals surface area contributed by atoms with E-state index in [1.54, 1.807) is 38.3 Å². The predicted octanol–water partition coefficient (Wildman–Crippen LogP) is 2.93. The number of nitrogens with one attached hydrogen (secondary N) is 1. The topological polar surface area (TPSA) is 96.0 Å². The summed E-state index contributed by atoms with van der Waals surface area (Å²) in [5.41, 5.74) is 0.756. The quantitative estimate of drug-likeness (QED) is 0.519. The van der Waals surface area contributed by atoms with E-state index in [0.29, 0.717) is 12.2 Å². The zero-order valence-electron chi connectivity index (χ0n) is 20.1. The molecular weight excluding hydrogens is 461 g/mol. The highest BCUT2D eigenvalue weighted by atomic mass is 32.2. The highest BCUT2D eigenvalue weighted by molar-refractivity contribution is 7.92. The van der Waals surface area contributed by atoms with Crippen LogP contribution in [0.5, 0.6) is 5.75 Å². The first-order chi connectivity index (χ1) is 16.0. The summed E-state index contributed by atoms with van der Waals surface area (Å²) in [6, 6.07) is 11.0. The summed E-state index contributed by atoms with van der Waals surface area (Å²) in [5.74, 6) is -0.946. The summed E-state index contributed by atoms with van der Waals surface area (Å²) < 4.78 is 44.7. The number of nitrogens with zero attached hydrogens (tertiary/aromatic N) is 2. The lowest BCUT2D eigenvalue weighted by Crippen LogP contribution is -2.52. The fourth-order valence-corrected chi connectivity index (χ4v) is 4.06. The van der Waals surface area contributed by atoms with Crippen molar-refractivity contribution in [1.29, 1.82) is 0 Å². The molecule has 34 heavy (non-hydrogen) atoms. The summed E-state index contributed by atoms with van der Waals surface area (Å²) in [4.78, 5) is 27.6. The van der Waals surface area contributed by atoms with Crippen LogP contribution in [0.4, 0.5) is 10.1 Å². The lowest BCUT2D eigenvalue weighted by molar-refractivity contribution is -0.139. The predicted molar refractivity (Wildman–Crippen MR) is 129 cm³/mol. The van der Waals surface area contributed by atoms with E-state index in [1.807, 2.05) is 13.8 Å². The fraction of sp³-hybridized carbons (Fsp3) is 0.417.